The SMILES string of the molecule is Cc1cc(=S)nc(C2(C)CC2)[nH]1. The zero-order valence-corrected chi connectivity index (χ0v) is 8.16. The first kappa shape index (κ1) is 7.92. The monoisotopic (exact) mass is 180 g/mol. The minimum atomic E-state index is 0.291. The molecule has 0 amide bonds. The summed E-state index contributed by atoms with van der Waals surface area (Å²) in [6.07, 6.45) is 2.46. The quantitative estimate of drug-likeness (QED) is 0.673. The summed E-state index contributed by atoms with van der Waals surface area (Å²) in [6.45, 7) is 4.24. The summed E-state index contributed by atoms with van der Waals surface area (Å²) in [7, 11) is 0. The molecule has 1 fully saturated rings. The van der Waals surface area contributed by atoms with Crippen LogP contribution in [0.4, 0.5) is 0 Å². The predicted molar refractivity (Wildman–Crippen MR) is 50.7 cm³/mol. The lowest BCUT2D eigenvalue weighted by Gasteiger charge is -2.07. The summed E-state index contributed by atoms with van der Waals surface area (Å²) in [4.78, 5) is 7.60. The van der Waals surface area contributed by atoms with Gasteiger partial charge in [0, 0.05) is 11.1 Å². The molecule has 0 aliphatic heterocycles. The second-order valence-corrected chi connectivity index (χ2v) is 4.23. The van der Waals surface area contributed by atoms with E-state index in [1.165, 1.54) is 12.8 Å². The Balaban J connectivity index is 2.51. The number of rotatable bonds is 1. The average Bonchev–Trinajstić information content (AvgIpc) is 2.67. The fourth-order valence-corrected chi connectivity index (χ4v) is 1.56. The molecule has 1 saturated carbocycles. The van der Waals surface area contributed by atoms with Crippen LogP contribution in [0.2, 0.25) is 0 Å². The maximum absolute atomic E-state index is 5.05. The second kappa shape index (κ2) is 2.39. The van der Waals surface area contributed by atoms with Crippen molar-refractivity contribution >= 4 is 12.2 Å². The van der Waals surface area contributed by atoms with Gasteiger partial charge in [-0.3, -0.25) is 0 Å². The van der Waals surface area contributed by atoms with E-state index < -0.39 is 0 Å². The lowest BCUT2D eigenvalue weighted by molar-refractivity contribution is 0.700. The third-order valence-electron chi connectivity index (χ3n) is 2.45. The Hall–Kier alpha value is -0.700. The number of aromatic amines is 1. The van der Waals surface area contributed by atoms with Crippen molar-refractivity contribution in [3.8, 4) is 0 Å². The molecule has 0 unspecified atom stereocenters. The van der Waals surface area contributed by atoms with Gasteiger partial charge in [0.2, 0.25) is 0 Å². The first-order valence-corrected chi connectivity index (χ1v) is 4.59. The Kier molecular flexibility index (Phi) is 1.58. The smallest absolute Gasteiger partial charge is 0.130 e. The van der Waals surface area contributed by atoms with Crippen LogP contribution in [-0.2, 0) is 5.41 Å². The highest BCUT2D eigenvalue weighted by Crippen LogP contribution is 2.45. The van der Waals surface area contributed by atoms with E-state index in [1.54, 1.807) is 0 Å². The van der Waals surface area contributed by atoms with Crippen molar-refractivity contribution < 1.29 is 0 Å². The normalized spacial score (nSPS) is 19.2. The van der Waals surface area contributed by atoms with Crippen LogP contribution >= 0.6 is 12.2 Å². The minimum Gasteiger partial charge on any atom is -0.347 e. The Morgan fingerprint density at radius 2 is 2.25 bits per heavy atom. The van der Waals surface area contributed by atoms with Crippen LogP contribution in [0.5, 0.6) is 0 Å². The molecule has 2 nitrogen and oxygen atoms in total. The zero-order valence-electron chi connectivity index (χ0n) is 7.35. The number of hydrogen-bond donors (Lipinski definition) is 1. The van der Waals surface area contributed by atoms with Gasteiger partial charge in [0.15, 0.2) is 0 Å². The van der Waals surface area contributed by atoms with Crippen LogP contribution in [0.15, 0.2) is 6.07 Å². The van der Waals surface area contributed by atoms with Crippen molar-refractivity contribution in [1.29, 1.82) is 0 Å². The number of aryl methyl sites for hydroxylation is 1. The summed E-state index contributed by atoms with van der Waals surface area (Å²) in [5.74, 6) is 1.06. The number of nitrogens with one attached hydrogen (secondary N) is 1. The summed E-state index contributed by atoms with van der Waals surface area (Å²) in [5, 5.41) is 0. The van der Waals surface area contributed by atoms with Crippen LogP contribution in [-0.4, -0.2) is 9.97 Å². The van der Waals surface area contributed by atoms with Crippen molar-refractivity contribution in [2.24, 2.45) is 0 Å². The molecule has 0 atom stereocenters. The lowest BCUT2D eigenvalue weighted by atomic mass is 10.1. The van der Waals surface area contributed by atoms with E-state index in [-0.39, 0.29) is 0 Å². The van der Waals surface area contributed by atoms with Gasteiger partial charge >= 0.3 is 0 Å². The first-order valence-electron chi connectivity index (χ1n) is 4.19. The Morgan fingerprint density at radius 3 is 2.75 bits per heavy atom. The number of aromatic nitrogens is 2. The van der Waals surface area contributed by atoms with Crippen LogP contribution < -0.4 is 0 Å². The molecule has 64 valence electrons. The molecular formula is C9H12N2S. The molecule has 0 radical (unpaired) electrons. The molecule has 1 aromatic rings. The summed E-state index contributed by atoms with van der Waals surface area (Å²) >= 11 is 5.05. The average molecular weight is 180 g/mol. The van der Waals surface area contributed by atoms with Crippen molar-refractivity contribution in [3.05, 3.63) is 22.2 Å². The van der Waals surface area contributed by atoms with Gasteiger partial charge in [-0.2, -0.15) is 0 Å². The number of H-pyrrole nitrogens is 1. The van der Waals surface area contributed by atoms with E-state index >= 15 is 0 Å². The molecule has 0 saturated heterocycles. The van der Waals surface area contributed by atoms with Crippen molar-refractivity contribution in [2.45, 2.75) is 32.1 Å². The van der Waals surface area contributed by atoms with Crippen LogP contribution in [0.3, 0.4) is 0 Å². The molecule has 0 bridgehead atoms. The Bertz CT molecular complexity index is 363. The highest BCUT2D eigenvalue weighted by Gasteiger charge is 2.41. The Labute approximate surface area is 77.0 Å². The zero-order chi connectivity index (χ0) is 8.77. The molecule has 1 aliphatic carbocycles. The van der Waals surface area contributed by atoms with E-state index in [0.29, 0.717) is 10.1 Å². The van der Waals surface area contributed by atoms with Crippen LogP contribution in [0, 0.1) is 11.6 Å². The van der Waals surface area contributed by atoms with E-state index in [1.807, 2.05) is 13.0 Å². The predicted octanol–water partition coefficient (Wildman–Crippen LogP) is 2.50. The summed E-state index contributed by atoms with van der Waals surface area (Å²) in [6, 6.07) is 1.89. The van der Waals surface area contributed by atoms with Crippen molar-refractivity contribution in [3.63, 3.8) is 0 Å². The molecule has 3 heteroatoms. The van der Waals surface area contributed by atoms with E-state index in [0.717, 1.165) is 11.5 Å². The van der Waals surface area contributed by atoms with Gasteiger partial charge in [-0.05, 0) is 25.8 Å². The highest BCUT2D eigenvalue weighted by molar-refractivity contribution is 7.71. The van der Waals surface area contributed by atoms with Crippen molar-refractivity contribution in [2.75, 3.05) is 0 Å². The molecule has 1 aliphatic rings. The van der Waals surface area contributed by atoms with Gasteiger partial charge in [0.25, 0.3) is 0 Å². The van der Waals surface area contributed by atoms with Gasteiger partial charge in [0.1, 0.15) is 10.5 Å². The van der Waals surface area contributed by atoms with Gasteiger partial charge in [-0.25, -0.2) is 4.98 Å². The minimum absolute atomic E-state index is 0.291. The molecular weight excluding hydrogens is 168 g/mol. The third-order valence-corrected chi connectivity index (χ3v) is 2.66. The fraction of sp³-hybridized carbons (Fsp3) is 0.556. The molecule has 1 N–H and O–H groups in total. The molecule has 0 aromatic carbocycles. The highest BCUT2D eigenvalue weighted by atomic mass is 32.1. The molecule has 1 aromatic heterocycles. The first-order chi connectivity index (χ1) is 5.60. The van der Waals surface area contributed by atoms with E-state index in [4.69, 9.17) is 12.2 Å². The molecule has 1 heterocycles. The topological polar surface area (TPSA) is 28.7 Å². The largest absolute Gasteiger partial charge is 0.347 e. The Morgan fingerprint density at radius 1 is 1.58 bits per heavy atom. The van der Waals surface area contributed by atoms with Gasteiger partial charge in [-0.1, -0.05) is 19.1 Å². The summed E-state index contributed by atoms with van der Waals surface area (Å²) < 4.78 is 0.703. The lowest BCUT2D eigenvalue weighted by Crippen LogP contribution is -2.07. The second-order valence-electron chi connectivity index (χ2n) is 3.81. The number of hydrogen-bond acceptors (Lipinski definition) is 2. The molecule has 12 heavy (non-hydrogen) atoms. The van der Waals surface area contributed by atoms with Gasteiger partial charge in [-0.15, -0.1) is 0 Å². The summed E-state index contributed by atoms with van der Waals surface area (Å²) in [5.41, 5.74) is 1.40. The van der Waals surface area contributed by atoms with Crippen LogP contribution in [0.1, 0.15) is 31.3 Å². The van der Waals surface area contributed by atoms with Gasteiger partial charge in [0.05, 0.1) is 0 Å². The number of nitrogens with zero attached hydrogens (tertiary/aromatic N) is 1. The maximum atomic E-state index is 5.05. The fourth-order valence-electron chi connectivity index (χ4n) is 1.29. The van der Waals surface area contributed by atoms with E-state index in [2.05, 4.69) is 16.9 Å². The standard InChI is InChI=1S/C9H12N2S/c1-6-5-7(12)11-8(10-6)9(2)3-4-9/h5H,3-4H2,1-2H3,(H,10,11,12). The molecule has 2 rings (SSSR count). The van der Waals surface area contributed by atoms with Gasteiger partial charge < -0.3 is 4.98 Å². The third kappa shape index (κ3) is 1.29. The van der Waals surface area contributed by atoms with Crippen LogP contribution in [0.25, 0.3) is 0 Å². The van der Waals surface area contributed by atoms with E-state index in [9.17, 15) is 0 Å². The van der Waals surface area contributed by atoms with Crippen molar-refractivity contribution in [1.82, 2.24) is 9.97 Å². The molecule has 0 spiro atoms. The maximum Gasteiger partial charge on any atom is 0.130 e.